The zero-order chi connectivity index (χ0) is 17.3. The van der Waals surface area contributed by atoms with Crippen molar-refractivity contribution in [2.75, 3.05) is 11.9 Å². The number of aromatic nitrogens is 3. The molecule has 0 bridgehead atoms. The van der Waals surface area contributed by atoms with Gasteiger partial charge in [-0.15, -0.1) is 0 Å². The smallest absolute Gasteiger partial charge is 0.338 e. The van der Waals surface area contributed by atoms with Gasteiger partial charge in [0.1, 0.15) is 12.4 Å². The number of hydrogen-bond acceptors (Lipinski definition) is 5. The average Bonchev–Trinajstić information content (AvgIpc) is 2.99. The number of nitrogens with zero attached hydrogens (tertiary/aromatic N) is 3. The average molecular weight is 367 g/mol. The highest BCUT2D eigenvalue weighted by Gasteiger charge is 2.35. The summed E-state index contributed by atoms with van der Waals surface area (Å²) in [6, 6.07) is 4.62. The SMILES string of the molecule is CCCOC(=O)C1=C(C)Nc2ncnn2[C@@H]1c1ccc(Cl)cc1Cl. The van der Waals surface area contributed by atoms with Crippen LogP contribution in [0.2, 0.25) is 10.0 Å². The van der Waals surface area contributed by atoms with Crippen LogP contribution in [0.4, 0.5) is 5.95 Å². The number of carbonyl (C=O) groups excluding carboxylic acids is 1. The lowest BCUT2D eigenvalue weighted by molar-refractivity contribution is -0.139. The van der Waals surface area contributed by atoms with E-state index < -0.39 is 12.0 Å². The van der Waals surface area contributed by atoms with Gasteiger partial charge in [-0.2, -0.15) is 10.1 Å². The molecular weight excluding hydrogens is 351 g/mol. The first-order valence-electron chi connectivity index (χ1n) is 7.52. The van der Waals surface area contributed by atoms with Gasteiger partial charge in [-0.05, 0) is 25.5 Å². The van der Waals surface area contributed by atoms with Crippen molar-refractivity contribution in [1.82, 2.24) is 14.8 Å². The zero-order valence-corrected chi connectivity index (χ0v) is 14.7. The van der Waals surface area contributed by atoms with Crippen LogP contribution in [0.3, 0.4) is 0 Å². The van der Waals surface area contributed by atoms with Crippen molar-refractivity contribution in [2.45, 2.75) is 26.3 Å². The van der Waals surface area contributed by atoms with Crippen molar-refractivity contribution < 1.29 is 9.53 Å². The van der Waals surface area contributed by atoms with Crippen LogP contribution in [0, 0.1) is 0 Å². The van der Waals surface area contributed by atoms with Crippen LogP contribution in [0.1, 0.15) is 31.9 Å². The minimum absolute atomic E-state index is 0.348. The molecule has 6 nitrogen and oxygen atoms in total. The molecule has 0 unspecified atom stereocenters. The largest absolute Gasteiger partial charge is 0.462 e. The predicted molar refractivity (Wildman–Crippen MR) is 92.2 cm³/mol. The van der Waals surface area contributed by atoms with Gasteiger partial charge in [0.25, 0.3) is 0 Å². The second kappa shape index (κ2) is 6.83. The van der Waals surface area contributed by atoms with Gasteiger partial charge in [-0.3, -0.25) is 0 Å². The van der Waals surface area contributed by atoms with E-state index in [1.807, 2.05) is 6.92 Å². The third kappa shape index (κ3) is 2.99. The highest BCUT2D eigenvalue weighted by Crippen LogP contribution is 2.38. The highest BCUT2D eigenvalue weighted by molar-refractivity contribution is 6.35. The molecule has 24 heavy (non-hydrogen) atoms. The van der Waals surface area contributed by atoms with Crippen LogP contribution >= 0.6 is 23.2 Å². The molecule has 2 aromatic rings. The molecule has 0 radical (unpaired) electrons. The van der Waals surface area contributed by atoms with Gasteiger partial charge in [0.2, 0.25) is 5.95 Å². The minimum atomic E-state index is -0.530. The summed E-state index contributed by atoms with van der Waals surface area (Å²) < 4.78 is 6.96. The van der Waals surface area contributed by atoms with E-state index in [9.17, 15) is 4.79 Å². The number of benzene rings is 1. The fraction of sp³-hybridized carbons (Fsp3) is 0.312. The standard InChI is InChI=1S/C16H16Cl2N4O2/c1-3-6-24-15(23)13-9(2)21-16-19-8-20-22(16)14(13)11-5-4-10(17)7-12(11)18/h4-5,7-8,14H,3,6H2,1-2H3,(H,19,20,21)/t14-/m1/s1. The van der Waals surface area contributed by atoms with Gasteiger partial charge < -0.3 is 10.1 Å². The van der Waals surface area contributed by atoms with Gasteiger partial charge >= 0.3 is 5.97 Å². The van der Waals surface area contributed by atoms with E-state index in [4.69, 9.17) is 27.9 Å². The third-order valence-electron chi connectivity index (χ3n) is 3.71. The third-order valence-corrected chi connectivity index (χ3v) is 4.27. The number of carbonyl (C=O) groups is 1. The maximum Gasteiger partial charge on any atom is 0.338 e. The molecule has 0 saturated carbocycles. The molecule has 2 heterocycles. The molecule has 126 valence electrons. The second-order valence-electron chi connectivity index (χ2n) is 5.40. The van der Waals surface area contributed by atoms with Crippen molar-refractivity contribution in [3.8, 4) is 0 Å². The summed E-state index contributed by atoms with van der Waals surface area (Å²) in [5.74, 6) is 0.134. The van der Waals surface area contributed by atoms with Crippen LogP contribution in [-0.4, -0.2) is 27.3 Å². The summed E-state index contributed by atoms with van der Waals surface area (Å²) in [4.78, 5) is 16.8. The molecule has 0 fully saturated rings. The number of rotatable bonds is 4. The van der Waals surface area contributed by atoms with Crippen molar-refractivity contribution in [3.05, 3.63) is 51.4 Å². The summed E-state index contributed by atoms with van der Waals surface area (Å²) in [5, 5.41) is 8.28. The Kier molecular flexibility index (Phi) is 4.78. The number of nitrogens with one attached hydrogen (secondary N) is 1. The van der Waals surface area contributed by atoms with E-state index >= 15 is 0 Å². The van der Waals surface area contributed by atoms with Crippen molar-refractivity contribution in [3.63, 3.8) is 0 Å². The Hall–Kier alpha value is -2.05. The summed E-state index contributed by atoms with van der Waals surface area (Å²) in [6.07, 6.45) is 2.17. The van der Waals surface area contributed by atoms with Crippen LogP contribution in [0.15, 0.2) is 35.8 Å². The number of allylic oxidation sites excluding steroid dienone is 1. The fourth-order valence-corrected chi connectivity index (χ4v) is 3.15. The molecule has 0 saturated heterocycles. The van der Waals surface area contributed by atoms with E-state index in [2.05, 4.69) is 15.4 Å². The Labute approximate surface area is 149 Å². The highest BCUT2D eigenvalue weighted by atomic mass is 35.5. The Morgan fingerprint density at radius 1 is 1.42 bits per heavy atom. The summed E-state index contributed by atoms with van der Waals surface area (Å²) >= 11 is 12.4. The molecule has 1 aliphatic rings. The quantitative estimate of drug-likeness (QED) is 0.832. The molecule has 0 amide bonds. The topological polar surface area (TPSA) is 69.0 Å². The molecule has 1 N–H and O–H groups in total. The number of hydrogen-bond donors (Lipinski definition) is 1. The lowest BCUT2D eigenvalue weighted by Gasteiger charge is -2.28. The number of esters is 1. The van der Waals surface area contributed by atoms with Crippen molar-refractivity contribution >= 4 is 35.1 Å². The first-order valence-corrected chi connectivity index (χ1v) is 8.28. The monoisotopic (exact) mass is 366 g/mol. The van der Waals surface area contributed by atoms with Crippen molar-refractivity contribution in [2.24, 2.45) is 0 Å². The summed E-state index contributed by atoms with van der Waals surface area (Å²) in [7, 11) is 0. The second-order valence-corrected chi connectivity index (χ2v) is 6.24. The van der Waals surface area contributed by atoms with E-state index in [0.29, 0.717) is 39.4 Å². The first-order chi connectivity index (χ1) is 11.5. The van der Waals surface area contributed by atoms with Crippen LogP contribution in [0.5, 0.6) is 0 Å². The Morgan fingerprint density at radius 3 is 2.92 bits per heavy atom. The Balaban J connectivity index is 2.12. The van der Waals surface area contributed by atoms with E-state index in [-0.39, 0.29) is 0 Å². The molecule has 1 aromatic heterocycles. The van der Waals surface area contributed by atoms with E-state index in [1.165, 1.54) is 6.33 Å². The molecule has 3 rings (SSSR count). The van der Waals surface area contributed by atoms with Crippen LogP contribution in [-0.2, 0) is 9.53 Å². The number of fused-ring (bicyclic) bond motifs is 1. The molecule has 0 spiro atoms. The van der Waals surface area contributed by atoms with Gasteiger partial charge in [-0.1, -0.05) is 36.2 Å². The van der Waals surface area contributed by atoms with Crippen LogP contribution in [0.25, 0.3) is 0 Å². The zero-order valence-electron chi connectivity index (χ0n) is 13.2. The van der Waals surface area contributed by atoms with E-state index in [0.717, 1.165) is 6.42 Å². The van der Waals surface area contributed by atoms with Gasteiger partial charge in [0, 0.05) is 21.3 Å². The molecule has 8 heteroatoms. The van der Waals surface area contributed by atoms with Gasteiger partial charge in [0.15, 0.2) is 0 Å². The number of anilines is 1. The molecular formula is C16H16Cl2N4O2. The molecule has 1 aliphatic heterocycles. The fourth-order valence-electron chi connectivity index (χ4n) is 2.64. The van der Waals surface area contributed by atoms with E-state index in [1.54, 1.807) is 29.8 Å². The number of halogens is 2. The maximum atomic E-state index is 12.6. The molecule has 0 aliphatic carbocycles. The number of ether oxygens (including phenoxy) is 1. The van der Waals surface area contributed by atoms with Crippen LogP contribution < -0.4 is 5.32 Å². The van der Waals surface area contributed by atoms with Gasteiger partial charge in [-0.25, -0.2) is 9.48 Å². The van der Waals surface area contributed by atoms with Crippen molar-refractivity contribution in [1.29, 1.82) is 0 Å². The van der Waals surface area contributed by atoms with Gasteiger partial charge in [0.05, 0.1) is 12.2 Å². The molecule has 1 aromatic carbocycles. The maximum absolute atomic E-state index is 12.6. The summed E-state index contributed by atoms with van der Waals surface area (Å²) in [6.45, 7) is 4.09. The lowest BCUT2D eigenvalue weighted by Crippen LogP contribution is -2.30. The minimum Gasteiger partial charge on any atom is -0.462 e. The Bertz CT molecular complexity index is 816. The normalized spacial score (nSPS) is 16.6. The lowest BCUT2D eigenvalue weighted by atomic mass is 9.96. The Morgan fingerprint density at radius 2 is 2.21 bits per heavy atom. The first kappa shape index (κ1) is 16.8. The predicted octanol–water partition coefficient (Wildman–Crippen LogP) is 3.83. The molecule has 1 atom stereocenters. The summed E-state index contributed by atoms with van der Waals surface area (Å²) in [5.41, 5.74) is 1.82.